The number of hydrogen-bond acceptors (Lipinski definition) is 4. The molecule has 0 N–H and O–H groups in total. The van der Waals surface area contributed by atoms with E-state index in [2.05, 4.69) is 59.7 Å². The Bertz CT molecular complexity index is 815. The highest BCUT2D eigenvalue weighted by molar-refractivity contribution is 5.78. The third kappa shape index (κ3) is 7.28. The first-order valence-corrected chi connectivity index (χ1v) is 13.9. The van der Waals surface area contributed by atoms with Crippen LogP contribution in [-0.4, -0.2) is 55.1 Å². The van der Waals surface area contributed by atoms with Crippen molar-refractivity contribution in [2.75, 3.05) is 26.2 Å². The minimum atomic E-state index is 0.690. The Hall–Kier alpha value is -1.94. The van der Waals surface area contributed by atoms with E-state index in [4.69, 9.17) is 5.10 Å². The third-order valence-corrected chi connectivity index (χ3v) is 8.39. The molecule has 0 amide bonds. The molecule has 3 atom stereocenters. The molecule has 1 saturated carbocycles. The zero-order chi connectivity index (χ0) is 23.8. The van der Waals surface area contributed by atoms with Crippen LogP contribution >= 0.6 is 0 Å². The Morgan fingerprint density at radius 1 is 1.12 bits per heavy atom. The second kappa shape index (κ2) is 12.7. The van der Waals surface area contributed by atoms with Crippen molar-refractivity contribution in [1.82, 2.24) is 9.91 Å². The van der Waals surface area contributed by atoms with Crippen LogP contribution in [0.15, 0.2) is 46.1 Å². The van der Waals surface area contributed by atoms with Gasteiger partial charge in [-0.1, -0.05) is 37.6 Å². The van der Waals surface area contributed by atoms with Gasteiger partial charge in [-0.2, -0.15) is 5.10 Å². The van der Waals surface area contributed by atoms with Crippen LogP contribution in [0.25, 0.3) is 0 Å². The number of hydrogen-bond donors (Lipinski definition) is 0. The molecule has 2 aliphatic heterocycles. The van der Waals surface area contributed by atoms with Crippen LogP contribution < -0.4 is 0 Å². The van der Waals surface area contributed by atoms with Gasteiger partial charge in [0.05, 0.1) is 6.21 Å². The molecule has 4 rings (SSSR count). The Labute approximate surface area is 208 Å². The number of benzene rings is 1. The van der Waals surface area contributed by atoms with E-state index >= 15 is 0 Å². The van der Waals surface area contributed by atoms with Crippen LogP contribution in [0, 0.1) is 17.8 Å². The Morgan fingerprint density at radius 2 is 1.85 bits per heavy atom. The third-order valence-electron chi connectivity index (χ3n) is 8.39. The van der Waals surface area contributed by atoms with E-state index < -0.39 is 0 Å². The standard InChI is InChI=1S/C30H46N4/c1-4-7-27(22-31-3)23-32-34-18-14-28(15-19-34)30-21-29(30)9-5-8-25-10-12-26(13-11-25)20-24(2)33-16-6-17-33/h10-13,22-24,28-30H,3-9,14-21H2,1-2H3/b27-22-,32-23-. The number of likely N-dealkylation sites (tertiary alicyclic amines) is 1. The predicted octanol–water partition coefficient (Wildman–Crippen LogP) is 6.36. The van der Waals surface area contributed by atoms with Gasteiger partial charge in [0.1, 0.15) is 0 Å². The van der Waals surface area contributed by atoms with Crippen molar-refractivity contribution in [3.63, 3.8) is 0 Å². The summed E-state index contributed by atoms with van der Waals surface area (Å²) in [7, 11) is 0. The number of allylic oxidation sites excluding steroid dienone is 1. The molecule has 3 fully saturated rings. The summed E-state index contributed by atoms with van der Waals surface area (Å²) in [6.45, 7) is 12.9. The highest BCUT2D eigenvalue weighted by Gasteiger charge is 2.42. The predicted molar refractivity (Wildman–Crippen MR) is 146 cm³/mol. The molecule has 2 saturated heterocycles. The van der Waals surface area contributed by atoms with Crippen molar-refractivity contribution in [1.29, 1.82) is 0 Å². The lowest BCUT2D eigenvalue weighted by atomic mass is 9.90. The summed E-state index contributed by atoms with van der Waals surface area (Å²) < 4.78 is 0. The highest BCUT2D eigenvalue weighted by Crippen LogP contribution is 2.50. The monoisotopic (exact) mass is 462 g/mol. The Kier molecular flexibility index (Phi) is 9.38. The van der Waals surface area contributed by atoms with Gasteiger partial charge >= 0.3 is 0 Å². The van der Waals surface area contributed by atoms with Crippen molar-refractivity contribution >= 4 is 12.9 Å². The van der Waals surface area contributed by atoms with Crippen LogP contribution in [0.2, 0.25) is 0 Å². The average Bonchev–Trinajstić information content (AvgIpc) is 3.58. The lowest BCUT2D eigenvalue weighted by Crippen LogP contribution is -2.44. The maximum atomic E-state index is 4.72. The molecule has 0 radical (unpaired) electrons. The largest absolute Gasteiger partial charge is 0.300 e. The van der Waals surface area contributed by atoms with Crippen molar-refractivity contribution < 1.29 is 0 Å². The number of piperidine rings is 1. The molecule has 4 nitrogen and oxygen atoms in total. The molecule has 3 unspecified atom stereocenters. The number of aliphatic imine (C=N–C) groups is 1. The Morgan fingerprint density at radius 3 is 2.50 bits per heavy atom. The fraction of sp³-hybridized carbons (Fsp3) is 0.667. The van der Waals surface area contributed by atoms with Crippen molar-refractivity contribution in [2.45, 2.75) is 84.1 Å². The first-order valence-electron chi connectivity index (χ1n) is 13.9. The fourth-order valence-corrected chi connectivity index (χ4v) is 6.00. The van der Waals surface area contributed by atoms with Gasteiger partial charge in [-0.05, 0) is 119 Å². The first kappa shape index (κ1) is 25.2. The summed E-state index contributed by atoms with van der Waals surface area (Å²) in [6.07, 6.45) is 16.6. The number of aryl methyl sites for hydroxylation is 1. The highest BCUT2D eigenvalue weighted by atomic mass is 15.4. The van der Waals surface area contributed by atoms with Crippen molar-refractivity contribution in [3.8, 4) is 0 Å². The van der Waals surface area contributed by atoms with Crippen LogP contribution in [-0.2, 0) is 12.8 Å². The van der Waals surface area contributed by atoms with Crippen LogP contribution in [0.4, 0.5) is 0 Å². The zero-order valence-corrected chi connectivity index (χ0v) is 21.7. The number of hydrazone groups is 1. The molecule has 0 bridgehead atoms. The van der Waals surface area contributed by atoms with Gasteiger partial charge in [0, 0.05) is 25.3 Å². The normalized spacial score (nSPS) is 24.9. The second-order valence-electron chi connectivity index (χ2n) is 11.0. The molecule has 0 aromatic heterocycles. The van der Waals surface area contributed by atoms with Gasteiger partial charge < -0.3 is 4.90 Å². The molecule has 3 aliphatic rings. The van der Waals surface area contributed by atoms with Crippen LogP contribution in [0.5, 0.6) is 0 Å². The zero-order valence-electron chi connectivity index (χ0n) is 21.7. The van der Waals surface area contributed by atoms with Crippen LogP contribution in [0.1, 0.15) is 76.3 Å². The lowest BCUT2D eigenvalue weighted by Gasteiger charge is -2.36. The maximum absolute atomic E-state index is 4.72. The molecule has 4 heteroatoms. The molecule has 0 spiro atoms. The van der Waals surface area contributed by atoms with Gasteiger partial charge in [0.25, 0.3) is 0 Å². The number of nitrogens with zero attached hydrogens (tertiary/aromatic N) is 4. The fourth-order valence-electron chi connectivity index (χ4n) is 6.00. The SMILES string of the molecule is C=N/C=C(\C=N/N1CCC(C2CC2CCCc2ccc(CC(C)N3CCC3)cc2)CC1)CCC. The van der Waals surface area contributed by atoms with E-state index in [9.17, 15) is 0 Å². The summed E-state index contributed by atoms with van der Waals surface area (Å²) in [4.78, 5) is 6.51. The van der Waals surface area contributed by atoms with E-state index in [0.29, 0.717) is 6.04 Å². The summed E-state index contributed by atoms with van der Waals surface area (Å²) in [5, 5.41) is 6.98. The molecular weight excluding hydrogens is 416 g/mol. The Balaban J connectivity index is 1.11. The summed E-state index contributed by atoms with van der Waals surface area (Å²) in [5.41, 5.74) is 4.20. The summed E-state index contributed by atoms with van der Waals surface area (Å²) in [6, 6.07) is 10.2. The molecule has 1 aromatic carbocycles. The first-order chi connectivity index (χ1) is 16.7. The van der Waals surface area contributed by atoms with Crippen molar-refractivity contribution in [3.05, 3.63) is 47.2 Å². The minimum absolute atomic E-state index is 0.690. The molecule has 186 valence electrons. The molecule has 1 aromatic rings. The molecule has 34 heavy (non-hydrogen) atoms. The van der Waals surface area contributed by atoms with E-state index in [-0.39, 0.29) is 0 Å². The van der Waals surface area contributed by atoms with E-state index in [1.54, 1.807) is 0 Å². The van der Waals surface area contributed by atoms with E-state index in [1.165, 1.54) is 81.2 Å². The van der Waals surface area contributed by atoms with Gasteiger partial charge in [-0.3, -0.25) is 10.0 Å². The van der Waals surface area contributed by atoms with Crippen molar-refractivity contribution in [2.24, 2.45) is 27.8 Å². The maximum Gasteiger partial charge on any atom is 0.0517 e. The second-order valence-corrected chi connectivity index (χ2v) is 11.0. The average molecular weight is 463 g/mol. The topological polar surface area (TPSA) is 31.2 Å². The summed E-state index contributed by atoms with van der Waals surface area (Å²) >= 11 is 0. The van der Waals surface area contributed by atoms with Gasteiger partial charge in [0.15, 0.2) is 0 Å². The van der Waals surface area contributed by atoms with E-state index in [0.717, 1.165) is 43.7 Å². The molecular formula is C30H46N4. The van der Waals surface area contributed by atoms with Gasteiger partial charge in [0.2, 0.25) is 0 Å². The van der Waals surface area contributed by atoms with Gasteiger partial charge in [-0.15, -0.1) is 0 Å². The minimum Gasteiger partial charge on any atom is -0.300 e. The van der Waals surface area contributed by atoms with Crippen LogP contribution in [0.3, 0.4) is 0 Å². The quantitative estimate of drug-likeness (QED) is 0.319. The molecule has 2 heterocycles. The van der Waals surface area contributed by atoms with E-state index in [1.807, 2.05) is 12.4 Å². The van der Waals surface area contributed by atoms with Gasteiger partial charge in [-0.25, -0.2) is 0 Å². The lowest BCUT2D eigenvalue weighted by molar-refractivity contribution is 0.128. The summed E-state index contributed by atoms with van der Waals surface area (Å²) in [5.74, 6) is 2.89. The number of rotatable bonds is 13. The molecule has 1 aliphatic carbocycles. The smallest absolute Gasteiger partial charge is 0.0517 e.